The number of carbonyl (C=O) groups excluding carboxylic acids is 1. The van der Waals surface area contributed by atoms with Gasteiger partial charge in [0.2, 0.25) is 15.0 Å². The molecule has 25 heavy (non-hydrogen) atoms. The molecule has 0 aliphatic heterocycles. The summed E-state index contributed by atoms with van der Waals surface area (Å²) >= 11 is 0. The molecular formula is C17H19FN2O4S. The van der Waals surface area contributed by atoms with Crippen molar-refractivity contribution in [3.8, 4) is 11.3 Å². The van der Waals surface area contributed by atoms with Crippen LogP contribution in [0, 0.1) is 5.82 Å². The standard InChI is InChI=1S/C17H19FN2O4S/c1-5-24-16(21)13-14(10(2)3)19-17(25(4,22)23)20-15(13)11-6-8-12(18)9-7-11/h6-10H,5H2,1-4H3. The number of ether oxygens (including phenoxy) is 1. The molecule has 0 atom stereocenters. The first-order chi connectivity index (χ1) is 11.6. The summed E-state index contributed by atoms with van der Waals surface area (Å²) in [5.74, 6) is -1.35. The van der Waals surface area contributed by atoms with Gasteiger partial charge in [0.05, 0.1) is 18.0 Å². The molecule has 1 aromatic carbocycles. The predicted octanol–water partition coefficient (Wildman–Crippen LogP) is 2.99. The van der Waals surface area contributed by atoms with Gasteiger partial charge in [-0.2, -0.15) is 0 Å². The van der Waals surface area contributed by atoms with Gasteiger partial charge in [0, 0.05) is 11.8 Å². The van der Waals surface area contributed by atoms with E-state index in [1.165, 1.54) is 24.3 Å². The predicted molar refractivity (Wildman–Crippen MR) is 90.6 cm³/mol. The molecule has 0 aliphatic carbocycles. The Hall–Kier alpha value is -2.35. The smallest absolute Gasteiger partial charge is 0.342 e. The average molecular weight is 366 g/mol. The molecule has 0 fully saturated rings. The Bertz CT molecular complexity index is 894. The first-order valence-corrected chi connectivity index (χ1v) is 9.59. The van der Waals surface area contributed by atoms with Crippen LogP contribution in [0.4, 0.5) is 4.39 Å². The van der Waals surface area contributed by atoms with E-state index >= 15 is 0 Å². The molecule has 1 heterocycles. The first kappa shape index (κ1) is 19.0. The zero-order chi connectivity index (χ0) is 18.8. The molecule has 0 bridgehead atoms. The molecule has 2 aromatic rings. The van der Waals surface area contributed by atoms with Crippen LogP contribution in [0.2, 0.25) is 0 Å². The third-order valence-electron chi connectivity index (χ3n) is 3.39. The van der Waals surface area contributed by atoms with Crippen LogP contribution in [-0.2, 0) is 14.6 Å². The van der Waals surface area contributed by atoms with Gasteiger partial charge >= 0.3 is 5.97 Å². The number of hydrogen-bond acceptors (Lipinski definition) is 6. The van der Waals surface area contributed by atoms with Crippen molar-refractivity contribution in [3.05, 3.63) is 41.3 Å². The minimum absolute atomic E-state index is 0.0934. The highest BCUT2D eigenvalue weighted by Crippen LogP contribution is 2.29. The number of halogens is 1. The Morgan fingerprint density at radius 3 is 2.28 bits per heavy atom. The van der Waals surface area contributed by atoms with Crippen LogP contribution in [0.3, 0.4) is 0 Å². The van der Waals surface area contributed by atoms with Crippen molar-refractivity contribution in [1.82, 2.24) is 9.97 Å². The van der Waals surface area contributed by atoms with Crippen molar-refractivity contribution in [1.29, 1.82) is 0 Å². The molecule has 134 valence electrons. The fourth-order valence-electron chi connectivity index (χ4n) is 2.26. The lowest BCUT2D eigenvalue weighted by molar-refractivity contribution is 0.0524. The summed E-state index contributed by atoms with van der Waals surface area (Å²) in [5.41, 5.74) is 0.875. The molecule has 0 N–H and O–H groups in total. The Balaban J connectivity index is 2.86. The zero-order valence-corrected chi connectivity index (χ0v) is 15.2. The van der Waals surface area contributed by atoms with Crippen LogP contribution in [0.5, 0.6) is 0 Å². The minimum Gasteiger partial charge on any atom is -0.462 e. The van der Waals surface area contributed by atoms with Crippen LogP contribution in [0.25, 0.3) is 11.3 Å². The lowest BCUT2D eigenvalue weighted by atomic mass is 9.98. The number of benzene rings is 1. The molecule has 0 radical (unpaired) electrons. The summed E-state index contributed by atoms with van der Waals surface area (Å²) in [6.07, 6.45) is 0.991. The summed E-state index contributed by atoms with van der Waals surface area (Å²) in [4.78, 5) is 20.6. The summed E-state index contributed by atoms with van der Waals surface area (Å²) in [7, 11) is -3.70. The second-order valence-corrected chi connectivity index (χ2v) is 7.68. The van der Waals surface area contributed by atoms with Gasteiger partial charge in [-0.1, -0.05) is 13.8 Å². The number of sulfone groups is 1. The number of nitrogens with zero attached hydrogens (tertiary/aromatic N) is 2. The molecule has 8 heteroatoms. The van der Waals surface area contributed by atoms with E-state index < -0.39 is 21.6 Å². The number of rotatable bonds is 5. The lowest BCUT2D eigenvalue weighted by Crippen LogP contribution is -2.17. The van der Waals surface area contributed by atoms with E-state index in [2.05, 4.69) is 9.97 Å². The maximum atomic E-state index is 13.2. The van der Waals surface area contributed by atoms with E-state index in [-0.39, 0.29) is 34.6 Å². The Morgan fingerprint density at radius 1 is 1.20 bits per heavy atom. The summed E-state index contributed by atoms with van der Waals surface area (Å²) < 4.78 is 42.2. The maximum Gasteiger partial charge on any atom is 0.342 e. The number of aromatic nitrogens is 2. The van der Waals surface area contributed by atoms with Crippen molar-refractivity contribution >= 4 is 15.8 Å². The molecule has 0 saturated heterocycles. The quantitative estimate of drug-likeness (QED) is 0.597. The van der Waals surface area contributed by atoms with E-state index in [1.54, 1.807) is 20.8 Å². The van der Waals surface area contributed by atoms with E-state index in [4.69, 9.17) is 4.74 Å². The summed E-state index contributed by atoms with van der Waals surface area (Å²) in [6, 6.07) is 5.27. The van der Waals surface area contributed by atoms with Gasteiger partial charge in [0.1, 0.15) is 11.4 Å². The minimum atomic E-state index is -3.70. The molecule has 1 aromatic heterocycles. The van der Waals surface area contributed by atoms with Crippen molar-refractivity contribution < 1.29 is 22.3 Å². The molecule has 2 rings (SSSR count). The van der Waals surface area contributed by atoms with E-state index in [1.807, 2.05) is 0 Å². The molecule has 0 saturated carbocycles. The average Bonchev–Trinajstić information content (AvgIpc) is 2.53. The second kappa shape index (κ2) is 7.26. The van der Waals surface area contributed by atoms with Gasteiger partial charge in [0.15, 0.2) is 0 Å². The van der Waals surface area contributed by atoms with Crippen molar-refractivity contribution in [3.63, 3.8) is 0 Å². The molecule has 0 unspecified atom stereocenters. The highest BCUT2D eigenvalue weighted by Gasteiger charge is 2.27. The van der Waals surface area contributed by atoms with Gasteiger partial charge in [-0.15, -0.1) is 0 Å². The van der Waals surface area contributed by atoms with Crippen LogP contribution in [-0.4, -0.2) is 37.2 Å². The van der Waals surface area contributed by atoms with Crippen molar-refractivity contribution in [2.24, 2.45) is 0 Å². The Morgan fingerprint density at radius 2 is 1.80 bits per heavy atom. The van der Waals surface area contributed by atoms with E-state index in [0.717, 1.165) is 6.26 Å². The van der Waals surface area contributed by atoms with Gasteiger partial charge in [-0.05, 0) is 37.1 Å². The maximum absolute atomic E-state index is 13.2. The molecule has 0 amide bonds. The van der Waals surface area contributed by atoms with Crippen LogP contribution >= 0.6 is 0 Å². The highest BCUT2D eigenvalue weighted by atomic mass is 32.2. The third-order valence-corrected chi connectivity index (χ3v) is 4.24. The van der Waals surface area contributed by atoms with Crippen LogP contribution in [0.15, 0.2) is 29.4 Å². The molecule has 6 nitrogen and oxygen atoms in total. The number of carbonyl (C=O) groups is 1. The second-order valence-electron chi connectivity index (χ2n) is 5.77. The largest absolute Gasteiger partial charge is 0.462 e. The fourth-order valence-corrected chi connectivity index (χ4v) is 2.78. The zero-order valence-electron chi connectivity index (χ0n) is 14.4. The van der Waals surface area contributed by atoms with Gasteiger partial charge in [-0.25, -0.2) is 27.6 Å². The fraction of sp³-hybridized carbons (Fsp3) is 0.353. The van der Waals surface area contributed by atoms with Crippen molar-refractivity contribution in [2.45, 2.75) is 31.8 Å². The monoisotopic (exact) mass is 366 g/mol. The third kappa shape index (κ3) is 4.19. The summed E-state index contributed by atoms with van der Waals surface area (Å²) in [5, 5.41) is -0.386. The first-order valence-electron chi connectivity index (χ1n) is 7.70. The topological polar surface area (TPSA) is 86.2 Å². The van der Waals surface area contributed by atoms with E-state index in [9.17, 15) is 17.6 Å². The van der Waals surface area contributed by atoms with Gasteiger partial charge < -0.3 is 4.74 Å². The van der Waals surface area contributed by atoms with Gasteiger partial charge in [-0.3, -0.25) is 0 Å². The van der Waals surface area contributed by atoms with Crippen molar-refractivity contribution in [2.75, 3.05) is 12.9 Å². The van der Waals surface area contributed by atoms with Crippen LogP contribution < -0.4 is 0 Å². The SMILES string of the molecule is CCOC(=O)c1c(-c2ccc(F)cc2)nc(S(C)(=O)=O)nc1C(C)C. The molecular weight excluding hydrogens is 347 g/mol. The van der Waals surface area contributed by atoms with E-state index in [0.29, 0.717) is 5.56 Å². The Kier molecular flexibility index (Phi) is 5.52. The van der Waals surface area contributed by atoms with Gasteiger partial charge in [0.25, 0.3) is 0 Å². The molecule has 0 aliphatic rings. The number of hydrogen-bond donors (Lipinski definition) is 0. The number of esters is 1. The van der Waals surface area contributed by atoms with Crippen LogP contribution in [0.1, 0.15) is 42.7 Å². The molecule has 0 spiro atoms. The lowest BCUT2D eigenvalue weighted by Gasteiger charge is -2.16. The summed E-state index contributed by atoms with van der Waals surface area (Å²) in [6.45, 7) is 5.38. The highest BCUT2D eigenvalue weighted by molar-refractivity contribution is 7.90. The Labute approximate surface area is 146 Å². The normalized spacial score (nSPS) is 11.6.